The van der Waals surface area contributed by atoms with E-state index >= 15 is 0 Å². The van der Waals surface area contributed by atoms with Gasteiger partial charge in [0.2, 0.25) is 0 Å². The molecule has 0 aliphatic rings. The number of nitrogens with one attached hydrogen (secondary N) is 1. The minimum absolute atomic E-state index is 0.00303. The average molecular weight is 335 g/mol. The van der Waals surface area contributed by atoms with Crippen molar-refractivity contribution in [1.29, 1.82) is 0 Å². The molecule has 3 N–H and O–H groups in total. The highest BCUT2D eigenvalue weighted by atomic mass is 35.5. The van der Waals surface area contributed by atoms with Crippen LogP contribution in [-0.4, -0.2) is 0 Å². The van der Waals surface area contributed by atoms with Gasteiger partial charge in [0.1, 0.15) is 0 Å². The van der Waals surface area contributed by atoms with Crippen LogP contribution in [-0.2, 0) is 6.18 Å². The molecule has 0 aliphatic heterocycles. The number of alkyl halides is 3. The highest BCUT2D eigenvalue weighted by Gasteiger charge is 2.35. The van der Waals surface area contributed by atoms with Gasteiger partial charge in [-0.1, -0.05) is 47.5 Å². The van der Waals surface area contributed by atoms with Gasteiger partial charge in [-0.15, -0.1) is 0 Å². The molecule has 0 bridgehead atoms. The van der Waals surface area contributed by atoms with Crippen LogP contribution in [0.4, 0.5) is 13.2 Å². The van der Waals surface area contributed by atoms with Crippen LogP contribution in [0.25, 0.3) is 0 Å². The minimum Gasteiger partial charge on any atom is -0.271 e. The van der Waals surface area contributed by atoms with Crippen molar-refractivity contribution < 1.29 is 13.2 Å². The molecule has 2 rings (SSSR count). The normalized spacial score (nSPS) is 13.2. The summed E-state index contributed by atoms with van der Waals surface area (Å²) in [5.41, 5.74) is 2.03. The maximum atomic E-state index is 13.1. The van der Waals surface area contributed by atoms with Crippen LogP contribution >= 0.6 is 23.2 Å². The van der Waals surface area contributed by atoms with E-state index in [9.17, 15) is 13.2 Å². The van der Waals surface area contributed by atoms with E-state index in [-0.39, 0.29) is 10.6 Å². The molecule has 1 atom stereocenters. The molecule has 2 aromatic carbocycles. The van der Waals surface area contributed by atoms with Crippen LogP contribution in [0.3, 0.4) is 0 Å². The monoisotopic (exact) mass is 334 g/mol. The fourth-order valence-corrected chi connectivity index (χ4v) is 2.61. The number of rotatable bonds is 3. The van der Waals surface area contributed by atoms with Crippen molar-refractivity contribution >= 4 is 23.2 Å². The first-order chi connectivity index (χ1) is 9.84. The Balaban J connectivity index is 2.57. The van der Waals surface area contributed by atoms with Gasteiger partial charge in [0, 0.05) is 10.0 Å². The molecule has 0 spiro atoms. The molecule has 0 heterocycles. The summed E-state index contributed by atoms with van der Waals surface area (Å²) in [7, 11) is 0. The summed E-state index contributed by atoms with van der Waals surface area (Å²) in [6.07, 6.45) is -4.48. The summed E-state index contributed by atoms with van der Waals surface area (Å²) >= 11 is 11.9. The zero-order chi connectivity index (χ0) is 15.6. The Morgan fingerprint density at radius 3 is 2.24 bits per heavy atom. The molecular formula is C14H11Cl2F3N2. The van der Waals surface area contributed by atoms with Crippen molar-refractivity contribution in [3.63, 3.8) is 0 Å². The van der Waals surface area contributed by atoms with E-state index in [1.807, 2.05) is 0 Å². The van der Waals surface area contributed by atoms with E-state index < -0.39 is 17.8 Å². The van der Waals surface area contributed by atoms with Gasteiger partial charge in [-0.3, -0.25) is 5.84 Å². The fraction of sp³-hybridized carbons (Fsp3) is 0.143. The third kappa shape index (κ3) is 3.49. The molecule has 0 saturated carbocycles. The van der Waals surface area contributed by atoms with E-state index in [0.29, 0.717) is 10.6 Å². The minimum atomic E-state index is -4.48. The van der Waals surface area contributed by atoms with Crippen LogP contribution in [0.15, 0.2) is 42.5 Å². The molecule has 0 aromatic heterocycles. The van der Waals surface area contributed by atoms with Crippen LogP contribution in [0.5, 0.6) is 0 Å². The maximum absolute atomic E-state index is 13.1. The molecule has 0 amide bonds. The molecule has 0 aliphatic carbocycles. The van der Waals surface area contributed by atoms with Crippen LogP contribution in [0, 0.1) is 0 Å². The molecule has 0 fully saturated rings. The maximum Gasteiger partial charge on any atom is 0.416 e. The second kappa shape index (κ2) is 6.23. The molecule has 112 valence electrons. The van der Waals surface area contributed by atoms with Gasteiger partial charge in [0.25, 0.3) is 0 Å². The van der Waals surface area contributed by atoms with Gasteiger partial charge in [-0.05, 0) is 29.3 Å². The Morgan fingerprint density at radius 1 is 1.00 bits per heavy atom. The number of hydrazine groups is 1. The van der Waals surface area contributed by atoms with E-state index in [4.69, 9.17) is 29.0 Å². The second-order valence-corrected chi connectivity index (χ2v) is 5.19. The number of benzene rings is 2. The quantitative estimate of drug-likeness (QED) is 0.637. The van der Waals surface area contributed by atoms with Crippen LogP contribution < -0.4 is 11.3 Å². The first kappa shape index (κ1) is 16.1. The topological polar surface area (TPSA) is 38.0 Å². The van der Waals surface area contributed by atoms with Crippen LogP contribution in [0.2, 0.25) is 10.0 Å². The second-order valence-electron chi connectivity index (χ2n) is 4.35. The lowest BCUT2D eigenvalue weighted by Crippen LogP contribution is -2.30. The smallest absolute Gasteiger partial charge is 0.271 e. The SMILES string of the molecule is NNC(c1ccc(Cl)cc1Cl)c1ccccc1C(F)(F)F. The Hall–Kier alpha value is -1.27. The predicted molar refractivity (Wildman–Crippen MR) is 77.1 cm³/mol. The summed E-state index contributed by atoms with van der Waals surface area (Å²) < 4.78 is 39.3. The van der Waals surface area contributed by atoms with Crippen molar-refractivity contribution in [3.8, 4) is 0 Å². The standard InChI is InChI=1S/C14H11Cl2F3N2/c15-8-5-6-10(12(16)7-8)13(21-20)9-3-1-2-4-11(9)14(17,18)19/h1-7,13,21H,20H2. The zero-order valence-electron chi connectivity index (χ0n) is 10.6. The largest absolute Gasteiger partial charge is 0.416 e. The summed E-state index contributed by atoms with van der Waals surface area (Å²) in [5, 5.41) is 0.631. The van der Waals surface area contributed by atoms with Crippen molar-refractivity contribution in [1.82, 2.24) is 5.43 Å². The highest BCUT2D eigenvalue weighted by Crippen LogP contribution is 2.38. The summed E-state index contributed by atoms with van der Waals surface area (Å²) in [5.74, 6) is 5.45. The average Bonchev–Trinajstić information content (AvgIpc) is 2.41. The lowest BCUT2D eigenvalue weighted by Gasteiger charge is -2.22. The van der Waals surface area contributed by atoms with E-state index in [2.05, 4.69) is 5.43 Å². The number of hydrogen-bond donors (Lipinski definition) is 2. The molecule has 21 heavy (non-hydrogen) atoms. The molecule has 0 saturated heterocycles. The van der Waals surface area contributed by atoms with Gasteiger partial charge in [-0.25, -0.2) is 5.43 Å². The molecule has 1 unspecified atom stereocenters. The number of halogens is 5. The van der Waals surface area contributed by atoms with Crippen molar-refractivity contribution in [2.24, 2.45) is 5.84 Å². The number of nitrogens with two attached hydrogens (primary N) is 1. The van der Waals surface area contributed by atoms with Gasteiger partial charge in [-0.2, -0.15) is 13.2 Å². The third-order valence-corrected chi connectivity index (χ3v) is 3.58. The zero-order valence-corrected chi connectivity index (χ0v) is 12.1. The Kier molecular flexibility index (Phi) is 4.78. The Morgan fingerprint density at radius 2 is 1.67 bits per heavy atom. The Labute approximate surface area is 129 Å². The first-order valence-corrected chi connectivity index (χ1v) is 6.67. The molecular weight excluding hydrogens is 324 g/mol. The van der Waals surface area contributed by atoms with Gasteiger partial charge in [0.05, 0.1) is 11.6 Å². The number of hydrogen-bond acceptors (Lipinski definition) is 2. The predicted octanol–water partition coefficient (Wildman–Crippen LogP) is 4.56. The fourth-order valence-electron chi connectivity index (χ4n) is 2.09. The molecule has 7 heteroatoms. The summed E-state index contributed by atoms with van der Waals surface area (Å²) in [6.45, 7) is 0. The Bertz CT molecular complexity index is 644. The molecule has 2 aromatic rings. The van der Waals surface area contributed by atoms with Crippen molar-refractivity contribution in [3.05, 3.63) is 69.2 Å². The summed E-state index contributed by atoms with van der Waals surface area (Å²) in [6, 6.07) is 8.85. The van der Waals surface area contributed by atoms with Gasteiger partial charge in [0.15, 0.2) is 0 Å². The molecule has 2 nitrogen and oxygen atoms in total. The van der Waals surface area contributed by atoms with Crippen molar-refractivity contribution in [2.75, 3.05) is 0 Å². The first-order valence-electron chi connectivity index (χ1n) is 5.91. The third-order valence-electron chi connectivity index (χ3n) is 3.02. The van der Waals surface area contributed by atoms with E-state index in [1.165, 1.54) is 24.3 Å². The van der Waals surface area contributed by atoms with Gasteiger partial charge >= 0.3 is 6.18 Å². The van der Waals surface area contributed by atoms with Gasteiger partial charge < -0.3 is 0 Å². The lowest BCUT2D eigenvalue weighted by atomic mass is 9.94. The highest BCUT2D eigenvalue weighted by molar-refractivity contribution is 6.35. The van der Waals surface area contributed by atoms with Crippen molar-refractivity contribution in [2.45, 2.75) is 12.2 Å². The van der Waals surface area contributed by atoms with E-state index in [1.54, 1.807) is 12.1 Å². The lowest BCUT2D eigenvalue weighted by molar-refractivity contribution is -0.138. The van der Waals surface area contributed by atoms with E-state index in [0.717, 1.165) is 6.07 Å². The summed E-state index contributed by atoms with van der Waals surface area (Å²) in [4.78, 5) is 0. The molecule has 0 radical (unpaired) electrons. The van der Waals surface area contributed by atoms with Crippen LogP contribution in [0.1, 0.15) is 22.7 Å².